The first-order valence-electron chi connectivity index (χ1n) is 8.46. The van der Waals surface area contributed by atoms with Crippen molar-refractivity contribution >= 4 is 17.6 Å². The largest absolute Gasteiger partial charge is 0.391 e. The van der Waals surface area contributed by atoms with Crippen LogP contribution in [0.3, 0.4) is 0 Å². The third-order valence-corrected chi connectivity index (χ3v) is 4.31. The number of oxime groups is 1. The molecular formula is C19H21N3O4. The molecule has 1 fully saturated rings. The van der Waals surface area contributed by atoms with Crippen molar-refractivity contribution in [2.75, 3.05) is 31.2 Å². The summed E-state index contributed by atoms with van der Waals surface area (Å²) in [5.41, 5.74) is 3.48. The molecule has 0 N–H and O–H groups in total. The average Bonchev–Trinajstić information content (AvgIpc) is 2.67. The molecule has 0 unspecified atom stereocenters. The third kappa shape index (κ3) is 4.37. The molecule has 0 amide bonds. The van der Waals surface area contributed by atoms with Gasteiger partial charge in [0.15, 0.2) is 0 Å². The predicted octanol–water partition coefficient (Wildman–Crippen LogP) is 3.29. The van der Waals surface area contributed by atoms with Crippen LogP contribution in [0, 0.1) is 17.0 Å². The second-order valence-electron chi connectivity index (χ2n) is 6.04. The molecule has 0 bridgehead atoms. The van der Waals surface area contributed by atoms with Crippen molar-refractivity contribution in [2.45, 2.75) is 13.5 Å². The van der Waals surface area contributed by atoms with Gasteiger partial charge in [0.25, 0.3) is 5.69 Å². The first-order chi connectivity index (χ1) is 12.6. The number of nitro benzene ring substituents is 1. The van der Waals surface area contributed by atoms with Gasteiger partial charge in [0.05, 0.1) is 24.4 Å². The molecule has 3 rings (SSSR count). The Morgan fingerprint density at radius 3 is 2.77 bits per heavy atom. The first kappa shape index (κ1) is 17.9. The lowest BCUT2D eigenvalue weighted by molar-refractivity contribution is -0.384. The summed E-state index contributed by atoms with van der Waals surface area (Å²) < 4.78 is 5.31. The maximum Gasteiger partial charge on any atom is 0.293 e. The van der Waals surface area contributed by atoms with E-state index in [4.69, 9.17) is 9.57 Å². The summed E-state index contributed by atoms with van der Waals surface area (Å²) in [6, 6.07) is 13.0. The highest BCUT2D eigenvalue weighted by Gasteiger charge is 2.21. The molecule has 2 aromatic rings. The Bertz CT molecular complexity index is 801. The van der Waals surface area contributed by atoms with Gasteiger partial charge in [-0.3, -0.25) is 10.1 Å². The fourth-order valence-corrected chi connectivity index (χ4v) is 2.82. The van der Waals surface area contributed by atoms with Gasteiger partial charge in [-0.25, -0.2) is 0 Å². The minimum Gasteiger partial charge on any atom is -0.391 e. The summed E-state index contributed by atoms with van der Waals surface area (Å²) in [6.07, 6.45) is 1.49. The van der Waals surface area contributed by atoms with Crippen LogP contribution in [0.1, 0.15) is 16.7 Å². The van der Waals surface area contributed by atoms with Gasteiger partial charge in [0, 0.05) is 24.7 Å². The van der Waals surface area contributed by atoms with Gasteiger partial charge in [0.1, 0.15) is 12.3 Å². The molecule has 1 heterocycles. The Morgan fingerprint density at radius 1 is 1.27 bits per heavy atom. The summed E-state index contributed by atoms with van der Waals surface area (Å²) in [4.78, 5) is 18.4. The van der Waals surface area contributed by atoms with Crippen molar-refractivity contribution in [1.29, 1.82) is 0 Å². The number of nitro groups is 1. The minimum absolute atomic E-state index is 0.0646. The van der Waals surface area contributed by atoms with Gasteiger partial charge in [-0.2, -0.15) is 0 Å². The van der Waals surface area contributed by atoms with Crippen molar-refractivity contribution in [2.24, 2.45) is 5.16 Å². The zero-order valence-corrected chi connectivity index (χ0v) is 14.6. The quantitative estimate of drug-likeness (QED) is 0.451. The van der Waals surface area contributed by atoms with Crippen LogP contribution in [0.15, 0.2) is 47.6 Å². The van der Waals surface area contributed by atoms with Crippen LogP contribution in [-0.2, 0) is 16.2 Å². The monoisotopic (exact) mass is 355 g/mol. The lowest BCUT2D eigenvalue weighted by Crippen LogP contribution is -2.36. The van der Waals surface area contributed by atoms with E-state index >= 15 is 0 Å². The fourth-order valence-electron chi connectivity index (χ4n) is 2.82. The molecule has 1 aliphatic heterocycles. The highest BCUT2D eigenvalue weighted by atomic mass is 16.6. The van der Waals surface area contributed by atoms with E-state index < -0.39 is 0 Å². The Labute approximate surface area is 152 Å². The lowest BCUT2D eigenvalue weighted by atomic mass is 10.1. The standard InChI is InChI=1S/C19H21N3O4/c1-15-4-2-3-5-17(15)14-26-20-13-16-6-7-18(19(12-16)22(23)24)21-8-10-25-11-9-21/h2-7,12-13H,8-11,14H2,1H3/b20-13-. The molecule has 0 aromatic heterocycles. The molecule has 2 aromatic carbocycles. The zero-order chi connectivity index (χ0) is 18.4. The third-order valence-electron chi connectivity index (χ3n) is 4.31. The van der Waals surface area contributed by atoms with Gasteiger partial charge in [-0.15, -0.1) is 0 Å². The predicted molar refractivity (Wildman–Crippen MR) is 99.7 cm³/mol. The van der Waals surface area contributed by atoms with Crippen molar-refractivity contribution in [3.8, 4) is 0 Å². The molecule has 136 valence electrons. The molecule has 7 heteroatoms. The number of nitrogens with zero attached hydrogens (tertiary/aromatic N) is 3. The van der Waals surface area contributed by atoms with Gasteiger partial charge >= 0.3 is 0 Å². The second-order valence-corrected chi connectivity index (χ2v) is 6.04. The highest BCUT2D eigenvalue weighted by Crippen LogP contribution is 2.29. The van der Waals surface area contributed by atoms with Crippen LogP contribution in [0.5, 0.6) is 0 Å². The summed E-state index contributed by atoms with van der Waals surface area (Å²) >= 11 is 0. The van der Waals surface area contributed by atoms with Crippen molar-refractivity contribution in [3.05, 3.63) is 69.3 Å². The molecule has 0 saturated carbocycles. The number of morpholine rings is 1. The minimum atomic E-state index is -0.365. The van der Waals surface area contributed by atoms with Gasteiger partial charge < -0.3 is 14.5 Å². The van der Waals surface area contributed by atoms with Gasteiger partial charge in [0.2, 0.25) is 0 Å². The summed E-state index contributed by atoms with van der Waals surface area (Å²) in [5, 5.41) is 15.4. The van der Waals surface area contributed by atoms with Crippen LogP contribution in [-0.4, -0.2) is 37.4 Å². The SMILES string of the molecule is Cc1ccccc1CO/N=C\c1ccc(N2CCOCC2)c([N+](=O)[O-])c1. The van der Waals surface area contributed by atoms with E-state index in [1.165, 1.54) is 12.3 Å². The maximum absolute atomic E-state index is 11.4. The van der Waals surface area contributed by atoms with E-state index in [0.717, 1.165) is 11.1 Å². The van der Waals surface area contributed by atoms with E-state index in [2.05, 4.69) is 5.16 Å². The van der Waals surface area contributed by atoms with Crippen LogP contribution in [0.4, 0.5) is 11.4 Å². The number of hydrogen-bond donors (Lipinski definition) is 0. The van der Waals surface area contributed by atoms with Gasteiger partial charge in [-0.05, 0) is 24.1 Å². The number of aryl methyl sites for hydroxylation is 1. The van der Waals surface area contributed by atoms with Crippen molar-refractivity contribution in [1.82, 2.24) is 0 Å². The summed E-state index contributed by atoms with van der Waals surface area (Å²) in [6.45, 7) is 4.81. The van der Waals surface area contributed by atoms with Crippen LogP contribution < -0.4 is 4.90 Å². The van der Waals surface area contributed by atoms with E-state index in [1.54, 1.807) is 12.1 Å². The number of ether oxygens (including phenoxy) is 1. The van der Waals surface area contributed by atoms with Crippen LogP contribution in [0.25, 0.3) is 0 Å². The van der Waals surface area contributed by atoms with E-state index in [-0.39, 0.29) is 10.6 Å². The average molecular weight is 355 g/mol. The number of anilines is 1. The molecule has 0 spiro atoms. The first-order valence-corrected chi connectivity index (χ1v) is 8.46. The normalized spacial score (nSPS) is 14.6. The Balaban J connectivity index is 1.69. The maximum atomic E-state index is 11.4. The van der Waals surface area contributed by atoms with Gasteiger partial charge in [-0.1, -0.05) is 35.5 Å². The fraction of sp³-hybridized carbons (Fsp3) is 0.316. The van der Waals surface area contributed by atoms with E-state index in [0.29, 0.717) is 44.2 Å². The second kappa shape index (κ2) is 8.44. The zero-order valence-electron chi connectivity index (χ0n) is 14.6. The Hall–Kier alpha value is -2.93. The molecule has 1 aliphatic rings. The number of hydrogen-bond acceptors (Lipinski definition) is 6. The van der Waals surface area contributed by atoms with E-state index in [1.807, 2.05) is 36.1 Å². The lowest BCUT2D eigenvalue weighted by Gasteiger charge is -2.28. The Kier molecular flexibility index (Phi) is 5.80. The molecule has 26 heavy (non-hydrogen) atoms. The van der Waals surface area contributed by atoms with Crippen molar-refractivity contribution in [3.63, 3.8) is 0 Å². The molecule has 0 aliphatic carbocycles. The smallest absolute Gasteiger partial charge is 0.293 e. The number of rotatable bonds is 6. The molecule has 1 saturated heterocycles. The van der Waals surface area contributed by atoms with Crippen LogP contribution >= 0.6 is 0 Å². The molecule has 0 atom stereocenters. The molecule has 0 radical (unpaired) electrons. The number of benzene rings is 2. The van der Waals surface area contributed by atoms with E-state index in [9.17, 15) is 10.1 Å². The summed E-state index contributed by atoms with van der Waals surface area (Å²) in [5.74, 6) is 0. The Morgan fingerprint density at radius 2 is 2.04 bits per heavy atom. The topological polar surface area (TPSA) is 77.2 Å². The molecule has 7 nitrogen and oxygen atoms in total. The molecular weight excluding hydrogens is 334 g/mol. The van der Waals surface area contributed by atoms with Crippen LogP contribution in [0.2, 0.25) is 0 Å². The van der Waals surface area contributed by atoms with Crippen molar-refractivity contribution < 1.29 is 14.5 Å². The highest BCUT2D eigenvalue weighted by molar-refractivity contribution is 5.82. The summed E-state index contributed by atoms with van der Waals surface area (Å²) in [7, 11) is 0.